The summed E-state index contributed by atoms with van der Waals surface area (Å²) in [5, 5.41) is 0. The first-order valence-electron chi connectivity index (χ1n) is 10.9. The normalized spacial score (nSPS) is 13.4. The van der Waals surface area contributed by atoms with Crippen LogP contribution >= 0.6 is 0 Å². The third kappa shape index (κ3) is 5.82. The van der Waals surface area contributed by atoms with Crippen LogP contribution in [0.1, 0.15) is 84.6 Å². The first-order chi connectivity index (χ1) is 13.5. The van der Waals surface area contributed by atoms with E-state index in [1.54, 1.807) is 0 Å². The van der Waals surface area contributed by atoms with Crippen molar-refractivity contribution in [1.29, 1.82) is 0 Å². The molecule has 0 atom stereocenters. The van der Waals surface area contributed by atoms with Gasteiger partial charge in [-0.3, -0.25) is 0 Å². The zero-order valence-corrected chi connectivity index (χ0v) is 23.3. The fourth-order valence-corrected chi connectivity index (χ4v) is 9.13. The average molecular weight is 525 g/mol. The molecule has 0 saturated carbocycles. The van der Waals surface area contributed by atoms with E-state index in [1.807, 2.05) is 6.07 Å². The van der Waals surface area contributed by atoms with E-state index in [0.717, 1.165) is 13.8 Å². The van der Waals surface area contributed by atoms with Crippen molar-refractivity contribution in [3.05, 3.63) is 58.7 Å². The van der Waals surface area contributed by atoms with Gasteiger partial charge in [0, 0.05) is 0 Å². The Hall–Kier alpha value is -1.01. The molecule has 30 heavy (non-hydrogen) atoms. The van der Waals surface area contributed by atoms with Gasteiger partial charge in [0.05, 0.1) is 0 Å². The van der Waals surface area contributed by atoms with Gasteiger partial charge in [-0.05, 0) is 0 Å². The van der Waals surface area contributed by atoms with E-state index in [2.05, 4.69) is 112 Å². The van der Waals surface area contributed by atoms with Gasteiger partial charge in [0.1, 0.15) is 0 Å². The predicted octanol–water partition coefficient (Wildman–Crippen LogP) is 5.18. The summed E-state index contributed by atoms with van der Waals surface area (Å²) >= 11 is -3.04. The molecule has 2 aromatic rings. The van der Waals surface area contributed by atoms with E-state index in [0.29, 0.717) is 0 Å². The first-order valence-corrected chi connectivity index (χ1v) is 14.2. The molecule has 2 rings (SSSR count). The average Bonchev–Trinajstić information content (AvgIpc) is 2.57. The van der Waals surface area contributed by atoms with Crippen molar-refractivity contribution in [2.45, 2.75) is 85.1 Å². The van der Waals surface area contributed by atoms with E-state index < -0.39 is 19.5 Å². The maximum absolute atomic E-state index is 14.4. The molecule has 2 aromatic carbocycles. The van der Waals surface area contributed by atoms with Crippen molar-refractivity contribution in [3.8, 4) is 0 Å². The van der Waals surface area contributed by atoms with Gasteiger partial charge < -0.3 is 0 Å². The van der Waals surface area contributed by atoms with Crippen molar-refractivity contribution in [2.75, 3.05) is 14.1 Å². The van der Waals surface area contributed by atoms with Gasteiger partial charge in [0.25, 0.3) is 0 Å². The molecule has 0 aliphatic heterocycles. The summed E-state index contributed by atoms with van der Waals surface area (Å²) in [7, 11) is 4.14. The fraction of sp³-hybridized carbons (Fsp3) is 0.556. The Morgan fingerprint density at radius 3 is 1.63 bits per heavy atom. The Morgan fingerprint density at radius 1 is 0.767 bits per heavy atom. The summed E-state index contributed by atoms with van der Waals surface area (Å²) in [4.78, 5) is 2.16. The number of hydrogen-bond donors (Lipinski definition) is 0. The van der Waals surface area contributed by atoms with Crippen molar-refractivity contribution in [2.24, 2.45) is 0 Å². The van der Waals surface area contributed by atoms with E-state index >= 15 is 0 Å². The van der Waals surface area contributed by atoms with Crippen LogP contribution in [0, 0.1) is 0 Å². The van der Waals surface area contributed by atoms with Gasteiger partial charge in [-0.1, -0.05) is 0 Å². The van der Waals surface area contributed by atoms with Crippen LogP contribution in [0.4, 0.5) is 0 Å². The molecule has 0 heterocycles. The molecule has 0 saturated heterocycles. The van der Waals surface area contributed by atoms with Crippen molar-refractivity contribution < 1.29 is 3.10 Å². The van der Waals surface area contributed by atoms with Crippen LogP contribution in [0.15, 0.2) is 36.4 Å². The molecule has 0 N–H and O–H groups in total. The second-order valence-corrected chi connectivity index (χ2v) is 15.7. The molecule has 0 bridgehead atoms. The van der Waals surface area contributed by atoms with Gasteiger partial charge in [-0.2, -0.15) is 0 Å². The molecule has 0 aliphatic rings. The molecule has 2 nitrogen and oxygen atoms in total. The molecular formula is C27H41NOTe. The molecule has 0 fully saturated rings. The SMILES string of the molecule is CN(C)Cc1ccccc1[Te](=[18O])c1c(C(C)(C)C)cc(C(C)(C)C)cc1C(C)(C)C. The minimum atomic E-state index is -3.04. The Labute approximate surface area is 192 Å². The number of rotatable bonds is 4. The second-order valence-electron chi connectivity index (χ2n) is 11.8. The van der Waals surface area contributed by atoms with Gasteiger partial charge in [-0.15, -0.1) is 0 Å². The van der Waals surface area contributed by atoms with Crippen molar-refractivity contribution in [3.63, 3.8) is 0 Å². The molecular weight excluding hydrogens is 484 g/mol. The fourth-order valence-electron chi connectivity index (χ4n) is 3.64. The molecule has 0 unspecified atom stereocenters. The van der Waals surface area contributed by atoms with Crippen LogP contribution in [0.25, 0.3) is 0 Å². The standard InChI is InChI=1S/C27H41NOTe/c1-25(2,3)20-16-21(26(4,5)6)24(22(17-20)27(7,8)9)30(29)23-15-13-12-14-19(23)18-28(10)11/h12-17H,18H2,1-11H3/i29+2. The third-order valence-electron chi connectivity index (χ3n) is 5.42. The summed E-state index contributed by atoms with van der Waals surface area (Å²) in [5.74, 6) is 0. The molecule has 0 aliphatic carbocycles. The van der Waals surface area contributed by atoms with Crippen LogP contribution in [0.3, 0.4) is 0 Å². The molecule has 0 aromatic heterocycles. The van der Waals surface area contributed by atoms with Gasteiger partial charge >= 0.3 is 193 Å². The van der Waals surface area contributed by atoms with Crippen molar-refractivity contribution >= 4 is 26.8 Å². The topological polar surface area (TPSA) is 20.3 Å². The van der Waals surface area contributed by atoms with E-state index in [9.17, 15) is 3.10 Å². The predicted molar refractivity (Wildman–Crippen MR) is 132 cm³/mol. The minimum absolute atomic E-state index is 0.0464. The summed E-state index contributed by atoms with van der Waals surface area (Å²) in [6.07, 6.45) is 0. The van der Waals surface area contributed by atoms with E-state index in [1.165, 1.54) is 22.3 Å². The molecule has 3 heteroatoms. The Morgan fingerprint density at radius 2 is 1.23 bits per heavy atom. The quantitative estimate of drug-likeness (QED) is 0.406. The van der Waals surface area contributed by atoms with E-state index in [-0.39, 0.29) is 16.2 Å². The summed E-state index contributed by atoms with van der Waals surface area (Å²) in [5.41, 5.74) is 4.93. The zero-order chi connectivity index (χ0) is 23.1. The Bertz CT molecular complexity index is 886. The number of benzene rings is 2. The van der Waals surface area contributed by atoms with Crippen LogP contribution in [-0.4, -0.2) is 38.5 Å². The summed E-state index contributed by atoms with van der Waals surface area (Å²) in [6, 6.07) is 13.0. The van der Waals surface area contributed by atoms with Crippen LogP contribution in [0.5, 0.6) is 0 Å². The Balaban J connectivity index is 2.90. The molecule has 0 spiro atoms. The summed E-state index contributed by atoms with van der Waals surface area (Å²) in [6.45, 7) is 21.1. The number of hydrogen-bond acceptors (Lipinski definition) is 2. The Kier molecular flexibility index (Phi) is 7.45. The van der Waals surface area contributed by atoms with E-state index in [4.69, 9.17) is 0 Å². The van der Waals surface area contributed by atoms with Crippen LogP contribution in [-0.2, 0) is 25.9 Å². The van der Waals surface area contributed by atoms with Gasteiger partial charge in [-0.25, -0.2) is 0 Å². The van der Waals surface area contributed by atoms with Gasteiger partial charge in [0.15, 0.2) is 0 Å². The van der Waals surface area contributed by atoms with Gasteiger partial charge in [0.2, 0.25) is 0 Å². The second kappa shape index (κ2) is 8.85. The first kappa shape index (κ1) is 25.3. The third-order valence-corrected chi connectivity index (χ3v) is 10.0. The van der Waals surface area contributed by atoms with Crippen LogP contribution < -0.4 is 7.22 Å². The molecule has 0 radical (unpaired) electrons. The molecule has 166 valence electrons. The molecule has 0 amide bonds. The monoisotopic (exact) mass is 527 g/mol. The maximum atomic E-state index is 14.4. The van der Waals surface area contributed by atoms with Crippen LogP contribution in [0.2, 0.25) is 0 Å². The zero-order valence-electron chi connectivity index (χ0n) is 20.9. The van der Waals surface area contributed by atoms with Crippen molar-refractivity contribution in [1.82, 2.24) is 4.90 Å². The summed E-state index contributed by atoms with van der Waals surface area (Å²) < 4.78 is 16.6. The number of nitrogens with zero attached hydrogens (tertiary/aromatic N) is 1.